The van der Waals surface area contributed by atoms with Crippen molar-refractivity contribution >= 4 is 17.5 Å². The average molecular weight is 331 g/mol. The summed E-state index contributed by atoms with van der Waals surface area (Å²) in [4.78, 5) is 24.2. The van der Waals surface area contributed by atoms with Gasteiger partial charge >= 0.3 is 6.18 Å². The van der Waals surface area contributed by atoms with Gasteiger partial charge in [-0.25, -0.2) is 4.98 Å². The molecule has 9 heteroatoms. The van der Waals surface area contributed by atoms with Crippen molar-refractivity contribution in [1.82, 2.24) is 19.9 Å². The monoisotopic (exact) mass is 330 g/mol. The second kappa shape index (κ2) is 6.69. The zero-order chi connectivity index (χ0) is 16.2. The van der Waals surface area contributed by atoms with Crippen molar-refractivity contribution in [2.45, 2.75) is 12.7 Å². The number of pyridine rings is 1. The Morgan fingerprint density at radius 1 is 1.23 bits per heavy atom. The molecule has 0 spiro atoms. The van der Waals surface area contributed by atoms with Crippen molar-refractivity contribution in [3.63, 3.8) is 0 Å². The predicted molar refractivity (Wildman–Crippen MR) is 72.1 cm³/mol. The molecule has 0 saturated heterocycles. The topological polar surface area (TPSA) is 59.0 Å². The number of carbonyl (C=O) groups excluding carboxylic acids is 1. The van der Waals surface area contributed by atoms with E-state index in [1.54, 1.807) is 0 Å². The number of rotatable bonds is 4. The molecule has 0 radical (unpaired) electrons. The second-order valence-corrected chi connectivity index (χ2v) is 4.74. The molecule has 116 valence electrons. The first-order valence-corrected chi connectivity index (χ1v) is 6.45. The van der Waals surface area contributed by atoms with Gasteiger partial charge in [-0.05, 0) is 12.1 Å². The van der Waals surface area contributed by atoms with E-state index < -0.39 is 18.6 Å². The Bertz CT molecular complexity index is 634. The van der Waals surface area contributed by atoms with Gasteiger partial charge in [0, 0.05) is 12.4 Å². The van der Waals surface area contributed by atoms with E-state index in [9.17, 15) is 18.0 Å². The van der Waals surface area contributed by atoms with Gasteiger partial charge in [0.1, 0.15) is 11.7 Å². The minimum atomic E-state index is -4.53. The van der Waals surface area contributed by atoms with Crippen LogP contribution in [0, 0.1) is 0 Å². The first kappa shape index (κ1) is 16.2. The molecule has 22 heavy (non-hydrogen) atoms. The Kier molecular flexibility index (Phi) is 4.92. The van der Waals surface area contributed by atoms with Gasteiger partial charge < -0.3 is 4.90 Å². The Morgan fingerprint density at radius 2 is 2.00 bits per heavy atom. The van der Waals surface area contributed by atoms with Crippen LogP contribution in [0.1, 0.15) is 16.1 Å². The average Bonchev–Trinajstić information content (AvgIpc) is 2.48. The van der Waals surface area contributed by atoms with Crippen LogP contribution in [-0.2, 0) is 6.54 Å². The number of aromatic nitrogens is 3. The smallest absolute Gasteiger partial charge is 0.324 e. The minimum absolute atomic E-state index is 0.0636. The Morgan fingerprint density at radius 3 is 2.55 bits per heavy atom. The molecule has 2 aromatic heterocycles. The van der Waals surface area contributed by atoms with E-state index in [4.69, 9.17) is 11.6 Å². The van der Waals surface area contributed by atoms with Crippen molar-refractivity contribution in [2.24, 2.45) is 0 Å². The molecule has 0 bridgehead atoms. The fourth-order valence-corrected chi connectivity index (χ4v) is 1.80. The number of amides is 1. The third kappa shape index (κ3) is 4.66. The SMILES string of the molecule is O=C(c1cccnc1)N(Cc1cnc(Cl)cn1)CC(F)(F)F. The lowest BCUT2D eigenvalue weighted by atomic mass is 10.2. The van der Waals surface area contributed by atoms with Crippen LogP contribution in [0.15, 0.2) is 36.9 Å². The van der Waals surface area contributed by atoms with E-state index in [-0.39, 0.29) is 23.0 Å². The van der Waals surface area contributed by atoms with Crippen molar-refractivity contribution < 1.29 is 18.0 Å². The first-order valence-electron chi connectivity index (χ1n) is 6.07. The summed E-state index contributed by atoms with van der Waals surface area (Å²) in [6.07, 6.45) is 0.534. The van der Waals surface area contributed by atoms with Gasteiger partial charge in [0.2, 0.25) is 0 Å². The summed E-state index contributed by atoms with van der Waals surface area (Å²) in [6.45, 7) is -1.73. The number of halogens is 4. The van der Waals surface area contributed by atoms with E-state index in [2.05, 4.69) is 15.0 Å². The normalized spacial score (nSPS) is 11.3. The van der Waals surface area contributed by atoms with Crippen molar-refractivity contribution in [2.75, 3.05) is 6.54 Å². The summed E-state index contributed by atoms with van der Waals surface area (Å²) in [5, 5.41) is 0.115. The molecule has 0 aliphatic rings. The number of nitrogens with zero attached hydrogens (tertiary/aromatic N) is 4. The quantitative estimate of drug-likeness (QED) is 0.865. The van der Waals surface area contributed by atoms with Gasteiger partial charge in [-0.1, -0.05) is 11.6 Å². The number of carbonyl (C=O) groups is 1. The van der Waals surface area contributed by atoms with Gasteiger partial charge in [0.05, 0.1) is 30.2 Å². The molecule has 2 aromatic rings. The van der Waals surface area contributed by atoms with Crippen molar-refractivity contribution in [3.05, 3.63) is 53.3 Å². The maximum absolute atomic E-state index is 12.7. The van der Waals surface area contributed by atoms with Gasteiger partial charge in [0.25, 0.3) is 5.91 Å². The molecule has 5 nitrogen and oxygen atoms in total. The summed E-state index contributed by atoms with van der Waals surface area (Å²) < 4.78 is 38.0. The standard InChI is InChI=1S/C13H10ClF3N4O/c14-11-6-19-10(5-20-11)7-21(8-13(15,16)17)12(22)9-2-1-3-18-4-9/h1-6H,7-8H2. The first-order chi connectivity index (χ1) is 10.3. The van der Waals surface area contributed by atoms with Crippen LogP contribution in [0.3, 0.4) is 0 Å². The highest BCUT2D eigenvalue weighted by atomic mass is 35.5. The molecule has 1 amide bonds. The zero-order valence-corrected chi connectivity index (χ0v) is 11.8. The second-order valence-electron chi connectivity index (χ2n) is 4.35. The fraction of sp³-hybridized carbons (Fsp3) is 0.231. The fourth-order valence-electron chi connectivity index (χ4n) is 1.70. The molecular weight excluding hydrogens is 321 g/mol. The number of alkyl halides is 3. The van der Waals surface area contributed by atoms with Gasteiger partial charge in [-0.15, -0.1) is 0 Å². The molecule has 0 unspecified atom stereocenters. The van der Waals surface area contributed by atoms with E-state index in [1.165, 1.54) is 36.9 Å². The maximum Gasteiger partial charge on any atom is 0.406 e. The molecule has 0 saturated carbocycles. The molecule has 2 rings (SSSR count). The molecule has 0 aliphatic heterocycles. The molecule has 0 aliphatic carbocycles. The molecule has 0 aromatic carbocycles. The maximum atomic E-state index is 12.7. The lowest BCUT2D eigenvalue weighted by Gasteiger charge is -2.23. The van der Waals surface area contributed by atoms with Gasteiger partial charge in [0.15, 0.2) is 0 Å². The molecule has 0 N–H and O–H groups in total. The third-order valence-corrected chi connectivity index (χ3v) is 2.79. The zero-order valence-electron chi connectivity index (χ0n) is 11.1. The molecule has 0 atom stereocenters. The lowest BCUT2D eigenvalue weighted by molar-refractivity contribution is -0.141. The summed E-state index contributed by atoms with van der Waals surface area (Å²) in [6, 6.07) is 2.87. The van der Waals surface area contributed by atoms with Gasteiger partial charge in [-0.3, -0.25) is 14.8 Å². The molecular formula is C13H10ClF3N4O. The van der Waals surface area contributed by atoms with E-state index in [0.29, 0.717) is 4.90 Å². The predicted octanol–water partition coefficient (Wildman–Crippen LogP) is 2.73. The van der Waals surface area contributed by atoms with Crippen molar-refractivity contribution in [1.29, 1.82) is 0 Å². The summed E-state index contributed by atoms with van der Waals surface area (Å²) >= 11 is 5.57. The highest BCUT2D eigenvalue weighted by Gasteiger charge is 2.33. The van der Waals surface area contributed by atoms with Crippen LogP contribution >= 0.6 is 11.6 Å². The highest BCUT2D eigenvalue weighted by molar-refractivity contribution is 6.29. The van der Waals surface area contributed by atoms with Crippen LogP contribution in [0.4, 0.5) is 13.2 Å². The Balaban J connectivity index is 2.22. The van der Waals surface area contributed by atoms with Crippen LogP contribution < -0.4 is 0 Å². The molecule has 0 fully saturated rings. The third-order valence-electron chi connectivity index (χ3n) is 2.59. The largest absolute Gasteiger partial charge is 0.406 e. The van der Waals surface area contributed by atoms with Crippen LogP contribution in [0.2, 0.25) is 5.15 Å². The summed E-state index contributed by atoms with van der Waals surface area (Å²) in [5.41, 5.74) is 0.263. The number of hydrogen-bond donors (Lipinski definition) is 0. The van der Waals surface area contributed by atoms with Crippen LogP contribution in [0.5, 0.6) is 0 Å². The van der Waals surface area contributed by atoms with E-state index in [1.807, 2.05) is 0 Å². The van der Waals surface area contributed by atoms with Gasteiger partial charge in [-0.2, -0.15) is 13.2 Å². The number of hydrogen-bond acceptors (Lipinski definition) is 4. The molecule has 2 heterocycles. The minimum Gasteiger partial charge on any atom is -0.324 e. The van der Waals surface area contributed by atoms with Crippen LogP contribution in [-0.4, -0.2) is 38.5 Å². The van der Waals surface area contributed by atoms with E-state index >= 15 is 0 Å². The Hall–Kier alpha value is -2.22. The van der Waals surface area contributed by atoms with Crippen LogP contribution in [0.25, 0.3) is 0 Å². The van der Waals surface area contributed by atoms with Crippen molar-refractivity contribution in [3.8, 4) is 0 Å². The van der Waals surface area contributed by atoms with E-state index in [0.717, 1.165) is 0 Å². The lowest BCUT2D eigenvalue weighted by Crippen LogP contribution is -2.38. The highest BCUT2D eigenvalue weighted by Crippen LogP contribution is 2.19. The summed E-state index contributed by atoms with van der Waals surface area (Å²) in [7, 11) is 0. The Labute approximate surface area is 128 Å². The summed E-state index contributed by atoms with van der Waals surface area (Å²) in [5.74, 6) is -0.790.